The van der Waals surface area contributed by atoms with Crippen molar-refractivity contribution in [2.24, 2.45) is 0 Å². The van der Waals surface area contributed by atoms with Gasteiger partial charge in [-0.05, 0) is 68.4 Å². The van der Waals surface area contributed by atoms with Crippen LogP contribution in [0.1, 0.15) is 49.4 Å². The monoisotopic (exact) mass is 437 g/mol. The zero-order chi connectivity index (χ0) is 23.4. The Balaban J connectivity index is 2.14. The molecular weight excluding hydrogens is 406 g/mol. The number of amides is 1. The van der Waals surface area contributed by atoms with E-state index in [0.29, 0.717) is 25.3 Å². The highest BCUT2D eigenvalue weighted by Gasteiger charge is 2.45. The molecule has 1 unspecified atom stereocenters. The molecule has 1 aliphatic heterocycles. The highest BCUT2D eigenvalue weighted by molar-refractivity contribution is 6.46. The van der Waals surface area contributed by atoms with Gasteiger partial charge in [0.15, 0.2) is 0 Å². The van der Waals surface area contributed by atoms with Crippen molar-refractivity contribution in [2.75, 3.05) is 33.8 Å². The van der Waals surface area contributed by atoms with Crippen molar-refractivity contribution in [1.29, 1.82) is 0 Å². The van der Waals surface area contributed by atoms with E-state index in [1.807, 2.05) is 45.8 Å². The summed E-state index contributed by atoms with van der Waals surface area (Å²) in [6.45, 7) is 7.49. The van der Waals surface area contributed by atoms with Gasteiger partial charge in [-0.25, -0.2) is 0 Å². The standard InChI is InChI=1S/C25H31N3O4/c1-6-32-20-8-7-18(15-19(20)16(2)3)23(29)21-22(17-9-11-26-12-10-17)28(14-13-27(4)5)25(31)24(21)30/h7-12,15-16,22,29H,6,13-14H2,1-5H3/b23-21-. The van der Waals surface area contributed by atoms with Crippen LogP contribution in [0.4, 0.5) is 0 Å². The number of likely N-dealkylation sites (N-methyl/N-ethyl adjacent to an activating group) is 1. The molecule has 2 aromatic rings. The molecule has 2 heterocycles. The summed E-state index contributed by atoms with van der Waals surface area (Å²) in [5.41, 5.74) is 2.24. The second-order valence-electron chi connectivity index (χ2n) is 8.42. The molecule has 1 saturated heterocycles. The third-order valence-electron chi connectivity index (χ3n) is 5.55. The summed E-state index contributed by atoms with van der Waals surface area (Å²) in [6.07, 6.45) is 3.24. The lowest BCUT2D eigenvalue weighted by Crippen LogP contribution is -2.35. The molecule has 7 heteroatoms. The smallest absolute Gasteiger partial charge is 0.295 e. The molecule has 1 amide bonds. The zero-order valence-electron chi connectivity index (χ0n) is 19.3. The normalized spacial score (nSPS) is 18.1. The summed E-state index contributed by atoms with van der Waals surface area (Å²) >= 11 is 0. The number of aliphatic hydroxyl groups is 1. The van der Waals surface area contributed by atoms with Crippen LogP contribution in [0.25, 0.3) is 5.76 Å². The Morgan fingerprint density at radius 2 is 1.88 bits per heavy atom. The first-order valence-electron chi connectivity index (χ1n) is 10.9. The number of carbonyl (C=O) groups is 2. The molecule has 1 N–H and O–H groups in total. The summed E-state index contributed by atoms with van der Waals surface area (Å²) in [5, 5.41) is 11.3. The molecule has 0 radical (unpaired) electrons. The van der Waals surface area contributed by atoms with Gasteiger partial charge in [-0.15, -0.1) is 0 Å². The average molecular weight is 438 g/mol. The van der Waals surface area contributed by atoms with Crippen LogP contribution in [-0.4, -0.2) is 65.4 Å². The highest BCUT2D eigenvalue weighted by atomic mass is 16.5. The highest BCUT2D eigenvalue weighted by Crippen LogP contribution is 2.40. The minimum Gasteiger partial charge on any atom is -0.507 e. The van der Waals surface area contributed by atoms with Crippen LogP contribution in [0.2, 0.25) is 0 Å². The van der Waals surface area contributed by atoms with Crippen LogP contribution in [0.15, 0.2) is 48.3 Å². The van der Waals surface area contributed by atoms with Crippen molar-refractivity contribution in [3.05, 3.63) is 65.0 Å². The van der Waals surface area contributed by atoms with Crippen molar-refractivity contribution in [2.45, 2.75) is 32.7 Å². The Kier molecular flexibility index (Phi) is 7.30. The molecule has 3 rings (SSSR count). The fourth-order valence-corrected chi connectivity index (χ4v) is 3.90. The molecule has 1 aromatic heterocycles. The number of aromatic nitrogens is 1. The number of likely N-dealkylation sites (tertiary alicyclic amines) is 1. The van der Waals surface area contributed by atoms with Gasteiger partial charge in [0.25, 0.3) is 11.7 Å². The number of hydrogen-bond acceptors (Lipinski definition) is 6. The number of benzene rings is 1. The van der Waals surface area contributed by atoms with Gasteiger partial charge in [0.1, 0.15) is 11.5 Å². The van der Waals surface area contributed by atoms with Crippen LogP contribution in [0.3, 0.4) is 0 Å². The molecule has 0 bridgehead atoms. The van der Waals surface area contributed by atoms with E-state index in [9.17, 15) is 14.7 Å². The predicted molar refractivity (Wildman–Crippen MR) is 124 cm³/mol. The molecule has 1 fully saturated rings. The Morgan fingerprint density at radius 1 is 1.19 bits per heavy atom. The number of nitrogens with zero attached hydrogens (tertiary/aromatic N) is 3. The minimum absolute atomic E-state index is 0.0961. The minimum atomic E-state index is -0.678. The Labute approximate surface area is 189 Å². The Hall–Kier alpha value is -3.19. The first kappa shape index (κ1) is 23.5. The maximum absolute atomic E-state index is 13.1. The Morgan fingerprint density at radius 3 is 2.47 bits per heavy atom. The maximum atomic E-state index is 13.1. The third kappa shape index (κ3) is 4.67. The Bertz CT molecular complexity index is 1020. The van der Waals surface area contributed by atoms with Gasteiger partial charge < -0.3 is 19.6 Å². The lowest BCUT2D eigenvalue weighted by molar-refractivity contribution is -0.140. The average Bonchev–Trinajstić information content (AvgIpc) is 3.02. The molecule has 32 heavy (non-hydrogen) atoms. The predicted octanol–water partition coefficient (Wildman–Crippen LogP) is 3.59. The van der Waals surface area contributed by atoms with E-state index >= 15 is 0 Å². The van der Waals surface area contributed by atoms with Crippen molar-refractivity contribution >= 4 is 17.4 Å². The zero-order valence-corrected chi connectivity index (χ0v) is 19.3. The van der Waals surface area contributed by atoms with Crippen molar-refractivity contribution in [3.63, 3.8) is 0 Å². The van der Waals surface area contributed by atoms with E-state index < -0.39 is 17.7 Å². The number of rotatable bonds is 8. The number of hydrogen-bond donors (Lipinski definition) is 1. The molecular formula is C25H31N3O4. The molecule has 0 aliphatic carbocycles. The van der Waals surface area contributed by atoms with Crippen molar-refractivity contribution in [1.82, 2.24) is 14.8 Å². The van der Waals surface area contributed by atoms with Crippen LogP contribution in [0, 0.1) is 0 Å². The van der Waals surface area contributed by atoms with E-state index in [1.54, 1.807) is 36.7 Å². The summed E-state index contributed by atoms with van der Waals surface area (Å²) < 4.78 is 5.72. The van der Waals surface area contributed by atoms with Gasteiger partial charge in [-0.3, -0.25) is 14.6 Å². The van der Waals surface area contributed by atoms with Crippen LogP contribution in [0.5, 0.6) is 5.75 Å². The summed E-state index contributed by atoms with van der Waals surface area (Å²) in [5.74, 6) is -0.560. The van der Waals surface area contributed by atoms with Crippen LogP contribution in [-0.2, 0) is 9.59 Å². The number of aliphatic hydroxyl groups excluding tert-OH is 1. The van der Waals surface area contributed by atoms with Gasteiger partial charge in [0, 0.05) is 31.0 Å². The first-order valence-corrected chi connectivity index (χ1v) is 10.9. The van der Waals surface area contributed by atoms with Gasteiger partial charge in [-0.2, -0.15) is 0 Å². The quantitative estimate of drug-likeness (QED) is 0.386. The number of carbonyl (C=O) groups excluding carboxylic acids is 2. The molecule has 1 aromatic carbocycles. The van der Waals surface area contributed by atoms with Crippen molar-refractivity contribution < 1.29 is 19.4 Å². The number of ketones is 1. The summed E-state index contributed by atoms with van der Waals surface area (Å²) in [6, 6.07) is 8.23. The van der Waals surface area contributed by atoms with Gasteiger partial charge in [0.2, 0.25) is 0 Å². The second-order valence-corrected chi connectivity index (χ2v) is 8.42. The fourth-order valence-electron chi connectivity index (χ4n) is 3.90. The lowest BCUT2D eigenvalue weighted by Gasteiger charge is -2.26. The molecule has 170 valence electrons. The maximum Gasteiger partial charge on any atom is 0.295 e. The van der Waals surface area contributed by atoms with E-state index in [4.69, 9.17) is 4.74 Å². The SMILES string of the molecule is CCOc1ccc(/C(O)=C2/C(=O)C(=O)N(CCN(C)C)C2c2ccncc2)cc1C(C)C. The van der Waals surface area contributed by atoms with E-state index in [1.165, 1.54) is 4.90 Å². The van der Waals surface area contributed by atoms with Crippen LogP contribution < -0.4 is 4.74 Å². The number of pyridine rings is 1. The van der Waals surface area contributed by atoms with Crippen LogP contribution >= 0.6 is 0 Å². The van der Waals surface area contributed by atoms with Gasteiger partial charge >= 0.3 is 0 Å². The summed E-state index contributed by atoms with van der Waals surface area (Å²) in [4.78, 5) is 33.6. The van der Waals surface area contributed by atoms with Gasteiger partial charge in [0.05, 0.1) is 18.2 Å². The van der Waals surface area contributed by atoms with Crippen molar-refractivity contribution in [3.8, 4) is 5.75 Å². The van der Waals surface area contributed by atoms with Gasteiger partial charge in [-0.1, -0.05) is 13.8 Å². The third-order valence-corrected chi connectivity index (χ3v) is 5.55. The number of ether oxygens (including phenoxy) is 1. The van der Waals surface area contributed by atoms with E-state index in [2.05, 4.69) is 4.98 Å². The lowest BCUT2D eigenvalue weighted by atomic mass is 9.93. The molecule has 7 nitrogen and oxygen atoms in total. The molecule has 1 atom stereocenters. The fraction of sp³-hybridized carbons (Fsp3) is 0.400. The van der Waals surface area contributed by atoms with E-state index in [-0.39, 0.29) is 17.3 Å². The van der Waals surface area contributed by atoms with E-state index in [0.717, 1.165) is 16.9 Å². The molecule has 1 aliphatic rings. The molecule has 0 spiro atoms. The largest absolute Gasteiger partial charge is 0.507 e. The first-order chi connectivity index (χ1) is 15.3. The summed E-state index contributed by atoms with van der Waals surface area (Å²) in [7, 11) is 3.82. The topological polar surface area (TPSA) is 83.0 Å². The molecule has 0 saturated carbocycles. The number of Topliss-reactive ketones (excluding diaryl/α,β-unsaturated/α-hetero) is 1. The second kappa shape index (κ2) is 9.96.